The SMILES string of the molecule is CCNC(=O)Nc1ccc(N2CCCC2)c(S(=O)(=O)Nc2ccc(OC)cc2)c1. The second-order valence-corrected chi connectivity index (χ2v) is 8.35. The van der Waals surface area contributed by atoms with Crippen molar-refractivity contribution < 1.29 is 17.9 Å². The van der Waals surface area contributed by atoms with Crippen molar-refractivity contribution in [3.63, 3.8) is 0 Å². The van der Waals surface area contributed by atoms with E-state index in [0.717, 1.165) is 25.9 Å². The van der Waals surface area contributed by atoms with Crippen LogP contribution in [0.4, 0.5) is 21.9 Å². The Hall–Kier alpha value is -2.94. The van der Waals surface area contributed by atoms with Gasteiger partial charge < -0.3 is 20.3 Å². The lowest BCUT2D eigenvalue weighted by atomic mass is 10.2. The Morgan fingerprint density at radius 1 is 1.07 bits per heavy atom. The number of sulfonamides is 1. The van der Waals surface area contributed by atoms with Crippen LogP contribution >= 0.6 is 0 Å². The predicted octanol–water partition coefficient (Wildman–Crippen LogP) is 3.24. The molecule has 1 saturated heterocycles. The first-order valence-corrected chi connectivity index (χ1v) is 11.0. The van der Waals surface area contributed by atoms with E-state index in [-0.39, 0.29) is 10.9 Å². The summed E-state index contributed by atoms with van der Waals surface area (Å²) in [6.45, 7) is 3.88. The molecular weight excluding hydrogens is 392 g/mol. The highest BCUT2D eigenvalue weighted by atomic mass is 32.2. The maximum Gasteiger partial charge on any atom is 0.319 e. The second-order valence-electron chi connectivity index (χ2n) is 6.70. The molecule has 9 heteroatoms. The van der Waals surface area contributed by atoms with Crippen LogP contribution in [0.15, 0.2) is 47.4 Å². The zero-order valence-electron chi connectivity index (χ0n) is 16.6. The topological polar surface area (TPSA) is 99.8 Å². The maximum atomic E-state index is 13.2. The Kier molecular flexibility index (Phi) is 6.48. The highest BCUT2D eigenvalue weighted by Gasteiger charge is 2.25. The number of nitrogens with one attached hydrogen (secondary N) is 3. The summed E-state index contributed by atoms with van der Waals surface area (Å²) < 4.78 is 34.1. The molecule has 3 rings (SSSR count). The van der Waals surface area contributed by atoms with E-state index in [1.54, 1.807) is 43.5 Å². The van der Waals surface area contributed by atoms with E-state index < -0.39 is 10.0 Å². The summed E-state index contributed by atoms with van der Waals surface area (Å²) in [5, 5.41) is 5.31. The van der Waals surface area contributed by atoms with Gasteiger partial charge in [-0.3, -0.25) is 4.72 Å². The zero-order valence-corrected chi connectivity index (χ0v) is 17.4. The smallest absolute Gasteiger partial charge is 0.319 e. The molecule has 3 N–H and O–H groups in total. The summed E-state index contributed by atoms with van der Waals surface area (Å²) in [6, 6.07) is 11.2. The lowest BCUT2D eigenvalue weighted by Crippen LogP contribution is -2.28. The number of rotatable bonds is 7. The van der Waals surface area contributed by atoms with Crippen LogP contribution in [0.3, 0.4) is 0 Å². The van der Waals surface area contributed by atoms with Gasteiger partial charge in [0.1, 0.15) is 10.6 Å². The minimum atomic E-state index is -3.88. The molecule has 0 aliphatic carbocycles. The van der Waals surface area contributed by atoms with E-state index in [9.17, 15) is 13.2 Å². The van der Waals surface area contributed by atoms with Crippen LogP contribution in [-0.2, 0) is 10.0 Å². The fraction of sp³-hybridized carbons (Fsp3) is 0.350. The quantitative estimate of drug-likeness (QED) is 0.641. The number of nitrogens with zero attached hydrogens (tertiary/aromatic N) is 1. The van der Waals surface area contributed by atoms with E-state index in [4.69, 9.17) is 4.74 Å². The summed E-state index contributed by atoms with van der Waals surface area (Å²) in [6.07, 6.45) is 2.04. The van der Waals surface area contributed by atoms with Gasteiger partial charge in [-0.1, -0.05) is 0 Å². The number of hydrogen-bond acceptors (Lipinski definition) is 5. The van der Waals surface area contributed by atoms with Crippen LogP contribution in [0, 0.1) is 0 Å². The Morgan fingerprint density at radius 3 is 2.34 bits per heavy atom. The van der Waals surface area contributed by atoms with Crippen molar-refractivity contribution >= 4 is 33.1 Å². The highest BCUT2D eigenvalue weighted by molar-refractivity contribution is 7.92. The van der Waals surface area contributed by atoms with Crippen LogP contribution in [0.5, 0.6) is 5.75 Å². The first kappa shape index (κ1) is 20.8. The molecule has 1 aliphatic heterocycles. The summed E-state index contributed by atoms with van der Waals surface area (Å²) in [7, 11) is -2.33. The lowest BCUT2D eigenvalue weighted by molar-refractivity contribution is 0.252. The molecule has 29 heavy (non-hydrogen) atoms. The van der Waals surface area contributed by atoms with Gasteiger partial charge in [-0.15, -0.1) is 0 Å². The molecule has 2 aromatic carbocycles. The number of carbonyl (C=O) groups is 1. The first-order valence-electron chi connectivity index (χ1n) is 9.53. The van der Waals surface area contributed by atoms with Gasteiger partial charge in [0.2, 0.25) is 0 Å². The van der Waals surface area contributed by atoms with Crippen LogP contribution < -0.4 is 25.0 Å². The number of hydrogen-bond donors (Lipinski definition) is 3. The van der Waals surface area contributed by atoms with Crippen LogP contribution in [0.25, 0.3) is 0 Å². The van der Waals surface area contributed by atoms with Crippen molar-refractivity contribution in [3.05, 3.63) is 42.5 Å². The second kappa shape index (κ2) is 9.04. The molecule has 2 amide bonds. The predicted molar refractivity (Wildman–Crippen MR) is 114 cm³/mol. The lowest BCUT2D eigenvalue weighted by Gasteiger charge is -2.22. The number of ether oxygens (including phenoxy) is 1. The molecule has 0 unspecified atom stereocenters. The third-order valence-corrected chi connectivity index (χ3v) is 6.04. The van der Waals surface area contributed by atoms with Crippen molar-refractivity contribution in [2.24, 2.45) is 0 Å². The molecule has 0 saturated carbocycles. The van der Waals surface area contributed by atoms with E-state index in [2.05, 4.69) is 20.3 Å². The number of benzene rings is 2. The van der Waals surface area contributed by atoms with Gasteiger partial charge >= 0.3 is 6.03 Å². The Bertz CT molecular complexity index is 955. The van der Waals surface area contributed by atoms with Crippen molar-refractivity contribution in [1.82, 2.24) is 5.32 Å². The summed E-state index contributed by atoms with van der Waals surface area (Å²) >= 11 is 0. The standard InChI is InChI=1S/C20H26N4O4S/c1-3-21-20(25)22-16-8-11-18(24-12-4-5-13-24)19(14-16)29(26,27)23-15-6-9-17(28-2)10-7-15/h6-11,14,23H,3-5,12-13H2,1-2H3,(H2,21,22,25). The molecule has 1 heterocycles. The van der Waals surface area contributed by atoms with Crippen LogP contribution in [0.1, 0.15) is 19.8 Å². The summed E-state index contributed by atoms with van der Waals surface area (Å²) in [5.74, 6) is 0.638. The first-order chi connectivity index (χ1) is 13.9. The highest BCUT2D eigenvalue weighted by Crippen LogP contribution is 2.32. The average molecular weight is 419 g/mol. The Labute approximate surface area is 171 Å². The number of amides is 2. The molecule has 1 aliphatic rings. The van der Waals surface area contributed by atoms with Crippen molar-refractivity contribution in [1.29, 1.82) is 0 Å². The molecule has 1 fully saturated rings. The fourth-order valence-electron chi connectivity index (χ4n) is 3.23. The van der Waals surface area contributed by atoms with Crippen LogP contribution in [0.2, 0.25) is 0 Å². The fourth-order valence-corrected chi connectivity index (χ4v) is 4.54. The zero-order chi connectivity index (χ0) is 20.9. The molecule has 0 bridgehead atoms. The Balaban J connectivity index is 1.94. The van der Waals surface area contributed by atoms with Gasteiger partial charge in [0.25, 0.3) is 10.0 Å². The molecule has 0 atom stereocenters. The summed E-state index contributed by atoms with van der Waals surface area (Å²) in [5.41, 5.74) is 1.47. The van der Waals surface area contributed by atoms with Gasteiger partial charge in [0, 0.05) is 31.0 Å². The van der Waals surface area contributed by atoms with Crippen LogP contribution in [-0.4, -0.2) is 41.2 Å². The van der Waals surface area contributed by atoms with Gasteiger partial charge in [-0.05, 0) is 62.2 Å². The molecule has 0 spiro atoms. The van der Waals surface area contributed by atoms with E-state index >= 15 is 0 Å². The molecule has 0 aromatic heterocycles. The van der Waals surface area contributed by atoms with E-state index in [1.165, 1.54) is 6.07 Å². The number of anilines is 3. The van der Waals surface area contributed by atoms with E-state index in [0.29, 0.717) is 29.4 Å². The third-order valence-electron chi connectivity index (χ3n) is 4.63. The summed E-state index contributed by atoms with van der Waals surface area (Å²) in [4.78, 5) is 14.0. The largest absolute Gasteiger partial charge is 0.497 e. The normalized spacial score (nSPS) is 13.8. The van der Waals surface area contributed by atoms with Gasteiger partial charge in [-0.2, -0.15) is 0 Å². The number of carbonyl (C=O) groups excluding carboxylic acids is 1. The van der Waals surface area contributed by atoms with E-state index in [1.807, 2.05) is 6.92 Å². The molecule has 2 aromatic rings. The molecule has 0 radical (unpaired) electrons. The number of urea groups is 1. The van der Waals surface area contributed by atoms with Crippen molar-refractivity contribution in [2.75, 3.05) is 41.7 Å². The minimum absolute atomic E-state index is 0.129. The van der Waals surface area contributed by atoms with Crippen molar-refractivity contribution in [3.8, 4) is 5.75 Å². The molecule has 8 nitrogen and oxygen atoms in total. The maximum absolute atomic E-state index is 13.2. The van der Waals surface area contributed by atoms with Gasteiger partial charge in [0.05, 0.1) is 12.8 Å². The average Bonchev–Trinajstić information content (AvgIpc) is 3.23. The van der Waals surface area contributed by atoms with Crippen molar-refractivity contribution in [2.45, 2.75) is 24.7 Å². The monoisotopic (exact) mass is 418 g/mol. The molecule has 156 valence electrons. The van der Waals surface area contributed by atoms with Gasteiger partial charge in [-0.25, -0.2) is 13.2 Å². The minimum Gasteiger partial charge on any atom is -0.497 e. The number of methoxy groups -OCH3 is 1. The third kappa shape index (κ3) is 5.11. The van der Waals surface area contributed by atoms with Gasteiger partial charge in [0.15, 0.2) is 0 Å². The Morgan fingerprint density at radius 2 is 1.72 bits per heavy atom. The molecular formula is C20H26N4O4S.